The molecule has 0 radical (unpaired) electrons. The van der Waals surface area contributed by atoms with E-state index < -0.39 is 23.6 Å². The van der Waals surface area contributed by atoms with E-state index in [1.54, 1.807) is 26.0 Å². The number of hydrogen-bond acceptors (Lipinski definition) is 7. The van der Waals surface area contributed by atoms with Crippen LogP contribution in [0.25, 0.3) is 11.1 Å². The Morgan fingerprint density at radius 2 is 1.62 bits per heavy atom. The zero-order chi connectivity index (χ0) is 21.9. The first kappa shape index (κ1) is 22.4. The highest BCUT2D eigenvalue weighted by atomic mass is 16.6. The molecule has 0 amide bonds. The summed E-state index contributed by atoms with van der Waals surface area (Å²) in [6, 6.07) is 7.16. The van der Waals surface area contributed by atoms with Gasteiger partial charge in [-0.3, -0.25) is 0 Å². The van der Waals surface area contributed by atoms with Crippen molar-refractivity contribution in [2.75, 3.05) is 20.0 Å². The van der Waals surface area contributed by atoms with Gasteiger partial charge in [0.05, 0.1) is 19.8 Å². The van der Waals surface area contributed by atoms with E-state index in [2.05, 4.69) is 4.98 Å². The standard InChI is InChI=1S/C22H28N2O5/c1-12-16(14-8-10-15(23)11-9-14)17(13(2)24-18(12)20(25)27-6)19(21(26)28-7)29-22(3,4)5/h8-11,19H,23H2,1-7H3/t19-/m0/s1. The number of pyridine rings is 1. The topological polar surface area (TPSA) is 101 Å². The summed E-state index contributed by atoms with van der Waals surface area (Å²) in [5.41, 5.74) is 9.02. The van der Waals surface area contributed by atoms with Crippen LogP contribution in [0.4, 0.5) is 5.69 Å². The van der Waals surface area contributed by atoms with E-state index in [-0.39, 0.29) is 5.69 Å². The summed E-state index contributed by atoms with van der Waals surface area (Å²) >= 11 is 0. The molecule has 0 unspecified atom stereocenters. The van der Waals surface area contributed by atoms with Crippen LogP contribution in [-0.2, 0) is 19.0 Å². The summed E-state index contributed by atoms with van der Waals surface area (Å²) in [5.74, 6) is -1.10. The van der Waals surface area contributed by atoms with Gasteiger partial charge in [-0.05, 0) is 63.4 Å². The van der Waals surface area contributed by atoms with Crippen molar-refractivity contribution in [3.05, 3.63) is 46.8 Å². The van der Waals surface area contributed by atoms with Crippen LogP contribution < -0.4 is 5.73 Å². The highest BCUT2D eigenvalue weighted by Gasteiger charge is 2.34. The molecule has 0 fully saturated rings. The minimum Gasteiger partial charge on any atom is -0.467 e. The molecule has 0 aliphatic heterocycles. The molecule has 156 valence electrons. The normalized spacial score (nSPS) is 12.4. The van der Waals surface area contributed by atoms with Gasteiger partial charge < -0.3 is 19.9 Å². The average molecular weight is 400 g/mol. The fraction of sp³-hybridized carbons (Fsp3) is 0.409. The lowest BCUT2D eigenvalue weighted by Gasteiger charge is -2.29. The van der Waals surface area contributed by atoms with Crippen molar-refractivity contribution in [1.29, 1.82) is 0 Å². The summed E-state index contributed by atoms with van der Waals surface area (Å²) in [6.45, 7) is 9.04. The average Bonchev–Trinajstić information content (AvgIpc) is 2.66. The number of ether oxygens (including phenoxy) is 3. The summed E-state index contributed by atoms with van der Waals surface area (Å²) in [5, 5.41) is 0. The molecule has 0 aliphatic rings. The third-order valence-electron chi connectivity index (χ3n) is 4.40. The van der Waals surface area contributed by atoms with Crippen molar-refractivity contribution in [2.45, 2.75) is 46.3 Å². The molecule has 1 atom stereocenters. The quantitative estimate of drug-likeness (QED) is 0.602. The third kappa shape index (κ3) is 4.92. The second kappa shape index (κ2) is 8.61. The van der Waals surface area contributed by atoms with Crippen molar-refractivity contribution in [1.82, 2.24) is 4.98 Å². The molecule has 0 saturated heterocycles. The molecule has 0 spiro atoms. The van der Waals surface area contributed by atoms with Crippen LogP contribution in [0.2, 0.25) is 0 Å². The predicted octanol–water partition coefficient (Wildman–Crippen LogP) is 3.76. The van der Waals surface area contributed by atoms with Crippen molar-refractivity contribution in [3.8, 4) is 11.1 Å². The third-order valence-corrected chi connectivity index (χ3v) is 4.40. The number of rotatable bonds is 5. The van der Waals surface area contributed by atoms with Crippen LogP contribution in [0.3, 0.4) is 0 Å². The van der Waals surface area contributed by atoms with E-state index >= 15 is 0 Å². The van der Waals surface area contributed by atoms with Crippen LogP contribution in [0, 0.1) is 13.8 Å². The van der Waals surface area contributed by atoms with Gasteiger partial charge >= 0.3 is 11.9 Å². The molecule has 0 saturated carbocycles. The second-order valence-corrected chi connectivity index (χ2v) is 7.71. The fourth-order valence-electron chi connectivity index (χ4n) is 3.14. The van der Waals surface area contributed by atoms with Gasteiger partial charge in [0.15, 0.2) is 11.8 Å². The number of benzene rings is 1. The number of anilines is 1. The molecule has 1 heterocycles. The van der Waals surface area contributed by atoms with Gasteiger partial charge in [0.1, 0.15) is 0 Å². The van der Waals surface area contributed by atoms with Gasteiger partial charge in [0.25, 0.3) is 0 Å². The van der Waals surface area contributed by atoms with Crippen LogP contribution >= 0.6 is 0 Å². The Hall–Kier alpha value is -2.93. The molecule has 2 N–H and O–H groups in total. The Morgan fingerprint density at radius 3 is 2.10 bits per heavy atom. The Labute approximate surface area is 171 Å². The van der Waals surface area contributed by atoms with Gasteiger partial charge in [-0.15, -0.1) is 0 Å². The number of aromatic nitrogens is 1. The molecule has 1 aromatic heterocycles. The van der Waals surface area contributed by atoms with E-state index in [0.717, 1.165) is 5.56 Å². The van der Waals surface area contributed by atoms with Gasteiger partial charge in [0.2, 0.25) is 0 Å². The summed E-state index contributed by atoms with van der Waals surface area (Å²) in [6.07, 6.45) is -1.02. The van der Waals surface area contributed by atoms with Crippen LogP contribution in [-0.4, -0.2) is 36.7 Å². The number of nitrogens with zero attached hydrogens (tertiary/aromatic N) is 1. The number of nitrogens with two attached hydrogens (primary N) is 1. The van der Waals surface area contributed by atoms with Crippen LogP contribution in [0.5, 0.6) is 0 Å². The molecule has 7 nitrogen and oxygen atoms in total. The molecule has 1 aromatic carbocycles. The van der Waals surface area contributed by atoms with E-state index in [0.29, 0.717) is 28.1 Å². The lowest BCUT2D eigenvalue weighted by atomic mass is 9.89. The van der Waals surface area contributed by atoms with Gasteiger partial charge in [0, 0.05) is 16.9 Å². The Bertz CT molecular complexity index is 914. The maximum atomic E-state index is 12.7. The number of carbonyl (C=O) groups excluding carboxylic acids is 2. The number of esters is 2. The molecule has 0 bridgehead atoms. The molecule has 29 heavy (non-hydrogen) atoms. The highest BCUT2D eigenvalue weighted by molar-refractivity contribution is 5.93. The van der Waals surface area contributed by atoms with Gasteiger partial charge in [-0.25, -0.2) is 14.6 Å². The van der Waals surface area contributed by atoms with Gasteiger partial charge in [-0.2, -0.15) is 0 Å². The lowest BCUT2D eigenvalue weighted by Crippen LogP contribution is -2.30. The largest absolute Gasteiger partial charge is 0.467 e. The number of hydrogen-bond donors (Lipinski definition) is 1. The Kier molecular flexibility index (Phi) is 6.64. The molecule has 7 heteroatoms. The first-order chi connectivity index (χ1) is 13.5. The Morgan fingerprint density at radius 1 is 1.03 bits per heavy atom. The van der Waals surface area contributed by atoms with Crippen LogP contribution in [0.1, 0.15) is 54.2 Å². The van der Waals surface area contributed by atoms with E-state index in [1.807, 2.05) is 32.9 Å². The molecular formula is C22H28N2O5. The van der Waals surface area contributed by atoms with Crippen molar-refractivity contribution in [3.63, 3.8) is 0 Å². The summed E-state index contributed by atoms with van der Waals surface area (Å²) in [7, 11) is 2.61. The van der Waals surface area contributed by atoms with Crippen molar-refractivity contribution in [2.24, 2.45) is 0 Å². The van der Waals surface area contributed by atoms with Crippen LogP contribution in [0.15, 0.2) is 24.3 Å². The van der Waals surface area contributed by atoms with Crippen molar-refractivity contribution < 1.29 is 23.8 Å². The molecule has 0 aliphatic carbocycles. The molecule has 2 aromatic rings. The number of carbonyl (C=O) groups is 2. The smallest absolute Gasteiger partial charge is 0.356 e. The molecular weight excluding hydrogens is 372 g/mol. The van der Waals surface area contributed by atoms with Gasteiger partial charge in [-0.1, -0.05) is 12.1 Å². The first-order valence-corrected chi connectivity index (χ1v) is 9.21. The number of nitrogen functional groups attached to an aromatic ring is 1. The lowest BCUT2D eigenvalue weighted by molar-refractivity contribution is -0.164. The zero-order valence-electron chi connectivity index (χ0n) is 18.0. The SMILES string of the molecule is COC(=O)c1nc(C)c([C@H](OC(C)(C)C)C(=O)OC)c(-c2ccc(N)cc2)c1C. The highest BCUT2D eigenvalue weighted by Crippen LogP contribution is 2.38. The van der Waals surface area contributed by atoms with E-state index in [4.69, 9.17) is 19.9 Å². The first-order valence-electron chi connectivity index (χ1n) is 9.21. The second-order valence-electron chi connectivity index (χ2n) is 7.71. The maximum absolute atomic E-state index is 12.7. The zero-order valence-corrected chi connectivity index (χ0v) is 18.0. The predicted molar refractivity (Wildman–Crippen MR) is 110 cm³/mol. The summed E-state index contributed by atoms with van der Waals surface area (Å²) < 4.78 is 16.0. The van der Waals surface area contributed by atoms with Crippen molar-refractivity contribution >= 4 is 17.6 Å². The minimum atomic E-state index is -1.02. The number of aryl methyl sites for hydroxylation is 1. The number of methoxy groups -OCH3 is 2. The monoisotopic (exact) mass is 400 g/mol. The Balaban J connectivity index is 2.88. The summed E-state index contributed by atoms with van der Waals surface area (Å²) in [4.78, 5) is 29.4. The fourth-order valence-corrected chi connectivity index (χ4v) is 3.14. The molecule has 2 rings (SSSR count). The maximum Gasteiger partial charge on any atom is 0.356 e. The minimum absolute atomic E-state index is 0.181. The van der Waals surface area contributed by atoms with E-state index in [9.17, 15) is 9.59 Å². The van der Waals surface area contributed by atoms with E-state index in [1.165, 1.54) is 14.2 Å².